The summed E-state index contributed by atoms with van der Waals surface area (Å²) in [5.41, 5.74) is 0.500. The molecule has 0 aliphatic carbocycles. The molecule has 0 aromatic carbocycles. The summed E-state index contributed by atoms with van der Waals surface area (Å²) in [6, 6.07) is 0. The maximum atomic E-state index is 2.26. The molecule has 0 heteroatoms. The quantitative estimate of drug-likeness (QED) is 0.480. The largest absolute Gasteiger partial charge is 0.0683 e. The highest BCUT2D eigenvalue weighted by Gasteiger charge is 2.13. The molecule has 0 bridgehead atoms. The summed E-state index contributed by atoms with van der Waals surface area (Å²) < 4.78 is 0. The van der Waals surface area contributed by atoms with Crippen LogP contribution in [0.15, 0.2) is 0 Å². The highest BCUT2D eigenvalue weighted by atomic mass is 14.2. The first-order valence-electron chi connectivity index (χ1n) is 4.94. The lowest BCUT2D eigenvalue weighted by Gasteiger charge is -2.22. The van der Waals surface area contributed by atoms with Gasteiger partial charge in [0.25, 0.3) is 0 Å². The molecule has 0 radical (unpaired) electrons. The fourth-order valence-corrected chi connectivity index (χ4v) is 0. The maximum Gasteiger partial charge on any atom is -0.0360 e. The Hall–Kier alpha value is 0. The van der Waals surface area contributed by atoms with Gasteiger partial charge in [0, 0.05) is 0 Å². The van der Waals surface area contributed by atoms with Gasteiger partial charge in [0.15, 0.2) is 0 Å². The van der Waals surface area contributed by atoms with Crippen LogP contribution in [-0.2, 0) is 0 Å². The minimum absolute atomic E-state index is 0.500. The van der Waals surface area contributed by atoms with Crippen LogP contribution in [0.3, 0.4) is 0 Å². The summed E-state index contributed by atoms with van der Waals surface area (Å²) >= 11 is 0. The van der Waals surface area contributed by atoms with E-state index in [9.17, 15) is 0 Å². The summed E-state index contributed by atoms with van der Waals surface area (Å²) in [4.78, 5) is 0. The first-order chi connectivity index (χ1) is 4.94. The van der Waals surface area contributed by atoms with Gasteiger partial charge in [0.1, 0.15) is 0 Å². The van der Waals surface area contributed by atoms with Crippen LogP contribution in [-0.4, -0.2) is 0 Å². The Balaban J connectivity index is -0.000000138. The summed E-state index contributed by atoms with van der Waals surface area (Å²) in [5, 5.41) is 0. The Morgan fingerprint density at radius 1 is 0.727 bits per heavy atom. The van der Waals surface area contributed by atoms with E-state index >= 15 is 0 Å². The lowest BCUT2D eigenvalue weighted by Crippen LogP contribution is -2.12. The molecule has 0 amide bonds. The van der Waals surface area contributed by atoms with E-state index < -0.39 is 0 Å². The highest BCUT2D eigenvalue weighted by Crippen LogP contribution is 2.23. The first kappa shape index (κ1) is 17.2. The molecule has 0 fully saturated rings. The van der Waals surface area contributed by atoms with Crippen molar-refractivity contribution in [1.82, 2.24) is 0 Å². The van der Waals surface area contributed by atoms with Gasteiger partial charge in [-0.2, -0.15) is 0 Å². The van der Waals surface area contributed by atoms with Crippen molar-refractivity contribution in [3.05, 3.63) is 0 Å². The molecule has 0 saturated heterocycles. The van der Waals surface area contributed by atoms with Gasteiger partial charge >= 0.3 is 0 Å². The molecule has 0 heterocycles. The standard InChI is InChI=1S/C7H16.2C2H6/c1-6(2)7(3,4)5;2*1-2/h6H,1-5H3;2*1-2H3. The molecule has 0 N–H and O–H groups in total. The molecule has 11 heavy (non-hydrogen) atoms. The van der Waals surface area contributed by atoms with E-state index in [1.807, 2.05) is 27.7 Å². The Kier molecular flexibility index (Phi) is 15.6. The van der Waals surface area contributed by atoms with Crippen molar-refractivity contribution in [3.8, 4) is 0 Å². The lowest BCUT2D eigenvalue weighted by atomic mass is 9.84. The Morgan fingerprint density at radius 3 is 0.818 bits per heavy atom. The van der Waals surface area contributed by atoms with Gasteiger partial charge in [-0.05, 0) is 11.3 Å². The van der Waals surface area contributed by atoms with Gasteiger partial charge in [-0.3, -0.25) is 0 Å². The molecule has 0 nitrogen and oxygen atoms in total. The van der Waals surface area contributed by atoms with Crippen LogP contribution in [0.25, 0.3) is 0 Å². The molecule has 0 atom stereocenters. The monoisotopic (exact) mass is 160 g/mol. The average molecular weight is 160 g/mol. The normalized spacial score (nSPS) is 9.27. The van der Waals surface area contributed by atoms with Crippen LogP contribution in [0.1, 0.15) is 62.3 Å². The van der Waals surface area contributed by atoms with Crippen molar-refractivity contribution in [1.29, 1.82) is 0 Å². The van der Waals surface area contributed by atoms with E-state index in [1.54, 1.807) is 0 Å². The van der Waals surface area contributed by atoms with Gasteiger partial charge in [0.05, 0.1) is 0 Å². The molecular formula is C11H28. The van der Waals surface area contributed by atoms with E-state index in [-0.39, 0.29) is 0 Å². The van der Waals surface area contributed by atoms with E-state index in [1.165, 1.54) is 0 Å². The minimum atomic E-state index is 0.500. The van der Waals surface area contributed by atoms with Crippen molar-refractivity contribution in [2.45, 2.75) is 62.3 Å². The van der Waals surface area contributed by atoms with Gasteiger partial charge in [0.2, 0.25) is 0 Å². The fraction of sp³-hybridized carbons (Fsp3) is 1.00. The van der Waals surface area contributed by atoms with Crippen molar-refractivity contribution in [2.75, 3.05) is 0 Å². The van der Waals surface area contributed by atoms with Gasteiger partial charge in [-0.1, -0.05) is 62.3 Å². The number of rotatable bonds is 0. The van der Waals surface area contributed by atoms with Gasteiger partial charge < -0.3 is 0 Å². The molecular weight excluding hydrogens is 132 g/mol. The van der Waals surface area contributed by atoms with Crippen molar-refractivity contribution < 1.29 is 0 Å². The molecule has 0 spiro atoms. The van der Waals surface area contributed by atoms with Crippen molar-refractivity contribution in [2.24, 2.45) is 11.3 Å². The third kappa shape index (κ3) is 17.8. The zero-order chi connectivity index (χ0) is 10.1. The number of hydrogen-bond donors (Lipinski definition) is 0. The smallest absolute Gasteiger partial charge is 0.0360 e. The van der Waals surface area contributed by atoms with Crippen LogP contribution in [0.5, 0.6) is 0 Å². The van der Waals surface area contributed by atoms with Crippen LogP contribution in [0, 0.1) is 11.3 Å². The fourth-order valence-electron chi connectivity index (χ4n) is 0. The third-order valence-electron chi connectivity index (χ3n) is 1.73. The van der Waals surface area contributed by atoms with Crippen LogP contribution in [0.2, 0.25) is 0 Å². The van der Waals surface area contributed by atoms with Crippen LogP contribution in [0.4, 0.5) is 0 Å². The zero-order valence-corrected chi connectivity index (χ0v) is 10.1. The third-order valence-corrected chi connectivity index (χ3v) is 1.73. The topological polar surface area (TPSA) is 0 Å². The summed E-state index contributed by atoms with van der Waals surface area (Å²) in [6.07, 6.45) is 0. The van der Waals surface area contributed by atoms with E-state index in [0.29, 0.717) is 5.41 Å². The predicted octanol–water partition coefficient (Wildman–Crippen LogP) is 4.74. The molecule has 0 rings (SSSR count). The van der Waals surface area contributed by atoms with Crippen molar-refractivity contribution >= 4 is 0 Å². The van der Waals surface area contributed by atoms with Crippen LogP contribution < -0.4 is 0 Å². The molecule has 72 valence electrons. The highest BCUT2D eigenvalue weighted by molar-refractivity contribution is 4.64. The zero-order valence-electron chi connectivity index (χ0n) is 10.1. The second kappa shape index (κ2) is 10.0. The first-order valence-corrected chi connectivity index (χ1v) is 4.94. The molecule has 0 aliphatic heterocycles. The van der Waals surface area contributed by atoms with E-state index in [4.69, 9.17) is 0 Å². The second-order valence-electron chi connectivity index (χ2n) is 3.52. The van der Waals surface area contributed by atoms with Crippen molar-refractivity contribution in [3.63, 3.8) is 0 Å². The minimum Gasteiger partial charge on any atom is -0.0683 e. The summed E-state index contributed by atoms with van der Waals surface area (Å²) in [6.45, 7) is 19.3. The molecule has 0 aliphatic rings. The molecule has 0 unspecified atom stereocenters. The van der Waals surface area contributed by atoms with E-state index in [2.05, 4.69) is 34.6 Å². The lowest BCUT2D eigenvalue weighted by molar-refractivity contribution is 0.283. The average Bonchev–Trinajstić information content (AvgIpc) is 1.95. The van der Waals surface area contributed by atoms with Gasteiger partial charge in [-0.15, -0.1) is 0 Å². The molecule has 0 saturated carbocycles. The summed E-state index contributed by atoms with van der Waals surface area (Å²) in [7, 11) is 0. The Morgan fingerprint density at radius 2 is 0.818 bits per heavy atom. The predicted molar refractivity (Wildman–Crippen MR) is 57.0 cm³/mol. The van der Waals surface area contributed by atoms with Gasteiger partial charge in [-0.25, -0.2) is 0 Å². The summed E-state index contributed by atoms with van der Waals surface area (Å²) in [5.74, 6) is 0.799. The number of hydrogen-bond acceptors (Lipinski definition) is 0. The Labute approximate surface area is 74.4 Å². The Bertz CT molecular complexity index is 45.5. The van der Waals surface area contributed by atoms with Crippen LogP contribution >= 0.6 is 0 Å². The molecule has 0 aromatic rings. The second-order valence-corrected chi connectivity index (χ2v) is 3.52. The van der Waals surface area contributed by atoms with E-state index in [0.717, 1.165) is 5.92 Å². The molecule has 0 aromatic heterocycles. The maximum absolute atomic E-state index is 2.26. The SMILES string of the molecule is CC.CC.CC(C)C(C)(C)C.